The molecule has 6 rings (SSSR count). The van der Waals surface area contributed by atoms with Crippen LogP contribution in [0.1, 0.15) is 27.4 Å². The molecule has 1 fully saturated rings. The number of anilines is 1. The highest BCUT2D eigenvalue weighted by Gasteiger charge is 2.31. The lowest BCUT2D eigenvalue weighted by Crippen LogP contribution is -2.49. The van der Waals surface area contributed by atoms with Crippen molar-refractivity contribution >= 4 is 29.2 Å². The van der Waals surface area contributed by atoms with Crippen LogP contribution in [0, 0.1) is 0 Å². The summed E-state index contributed by atoms with van der Waals surface area (Å²) in [6.07, 6.45) is -0.324. The van der Waals surface area contributed by atoms with E-state index < -0.39 is 5.97 Å². The van der Waals surface area contributed by atoms with Crippen molar-refractivity contribution in [1.29, 1.82) is 0 Å². The number of ether oxygens (including phenoxy) is 1. The molecule has 0 radical (unpaired) electrons. The van der Waals surface area contributed by atoms with Crippen molar-refractivity contribution in [2.75, 3.05) is 37.7 Å². The van der Waals surface area contributed by atoms with Crippen molar-refractivity contribution in [2.24, 2.45) is 0 Å². The summed E-state index contributed by atoms with van der Waals surface area (Å²) < 4.78 is 11.6. The summed E-state index contributed by atoms with van der Waals surface area (Å²) in [5.41, 5.74) is 5.97. The Labute approximate surface area is 201 Å². The molecule has 4 aromatic rings. The van der Waals surface area contributed by atoms with Crippen LogP contribution in [0.2, 0.25) is 0 Å². The third-order valence-corrected chi connectivity index (χ3v) is 6.77. The molecule has 1 aromatic heterocycles. The maximum Gasteiger partial charge on any atom is 0.409 e. The van der Waals surface area contributed by atoms with E-state index in [1.807, 2.05) is 29.2 Å². The van der Waals surface area contributed by atoms with Crippen LogP contribution < -0.4 is 4.90 Å². The molecule has 1 amide bonds. The van der Waals surface area contributed by atoms with Gasteiger partial charge in [-0.25, -0.2) is 9.59 Å². The lowest BCUT2D eigenvalue weighted by Gasteiger charge is -2.33. The number of amides is 1. The normalized spacial score (nSPS) is 15.2. The van der Waals surface area contributed by atoms with Crippen LogP contribution in [0.3, 0.4) is 0 Å². The van der Waals surface area contributed by atoms with Gasteiger partial charge in [0, 0.05) is 32.1 Å². The number of aromatic carboxylic acids is 1. The first-order chi connectivity index (χ1) is 17.1. The number of carboxylic acids is 1. The number of hydrogen-bond acceptors (Lipinski definition) is 6. The monoisotopic (exact) mass is 469 g/mol. The first-order valence-electron chi connectivity index (χ1n) is 11.6. The van der Waals surface area contributed by atoms with Crippen molar-refractivity contribution in [3.8, 4) is 11.1 Å². The minimum absolute atomic E-state index is 0.0306. The fourth-order valence-corrected chi connectivity index (χ4v) is 4.95. The highest BCUT2D eigenvalue weighted by molar-refractivity contribution is 5.92. The second-order valence-corrected chi connectivity index (χ2v) is 8.76. The first kappa shape index (κ1) is 21.2. The van der Waals surface area contributed by atoms with Gasteiger partial charge in [0.1, 0.15) is 12.1 Å². The van der Waals surface area contributed by atoms with Gasteiger partial charge in [0.05, 0.1) is 5.56 Å². The molecule has 0 atom stereocenters. The van der Waals surface area contributed by atoms with Gasteiger partial charge in [-0.2, -0.15) is 4.98 Å². The quantitative estimate of drug-likeness (QED) is 0.467. The predicted octanol–water partition coefficient (Wildman–Crippen LogP) is 4.60. The standard InChI is InChI=1S/C27H23N3O5/c31-25(32)17-9-10-24-23(15-17)28-26(35-24)29-11-13-30(14-12-29)27(33)34-16-22-20-7-3-1-5-18(20)19-6-2-4-8-21(19)22/h1-10,15,22H,11-14,16H2,(H,31,32). The zero-order valence-electron chi connectivity index (χ0n) is 18.9. The van der Waals surface area contributed by atoms with Crippen molar-refractivity contribution in [3.63, 3.8) is 0 Å². The highest BCUT2D eigenvalue weighted by atomic mass is 16.6. The largest absolute Gasteiger partial charge is 0.478 e. The minimum Gasteiger partial charge on any atom is -0.478 e. The number of benzene rings is 3. The third kappa shape index (κ3) is 3.77. The number of carbonyl (C=O) groups excluding carboxylic acids is 1. The molecule has 8 heteroatoms. The summed E-state index contributed by atoms with van der Waals surface area (Å²) in [7, 11) is 0. The number of carboxylic acid groups (broad SMARTS) is 1. The van der Waals surface area contributed by atoms with Crippen LogP contribution in [0.15, 0.2) is 71.1 Å². The lowest BCUT2D eigenvalue weighted by atomic mass is 9.98. The third-order valence-electron chi connectivity index (χ3n) is 6.77. The average molecular weight is 469 g/mol. The highest BCUT2D eigenvalue weighted by Crippen LogP contribution is 2.44. The molecule has 3 aromatic carbocycles. The summed E-state index contributed by atoms with van der Waals surface area (Å²) in [5, 5.41) is 9.17. The Balaban J connectivity index is 1.09. The minimum atomic E-state index is -1.01. The smallest absolute Gasteiger partial charge is 0.409 e. The van der Waals surface area contributed by atoms with Crippen LogP contribution in [-0.4, -0.2) is 59.8 Å². The van der Waals surface area contributed by atoms with Crippen molar-refractivity contribution < 1.29 is 23.8 Å². The fraction of sp³-hybridized carbons (Fsp3) is 0.222. The van der Waals surface area contributed by atoms with E-state index in [-0.39, 0.29) is 17.6 Å². The Morgan fingerprint density at radius 2 is 1.60 bits per heavy atom. The van der Waals surface area contributed by atoms with Gasteiger partial charge in [-0.1, -0.05) is 48.5 Å². The molecule has 0 saturated carbocycles. The Hall–Kier alpha value is -4.33. The van der Waals surface area contributed by atoms with Crippen LogP contribution >= 0.6 is 0 Å². The average Bonchev–Trinajstić information content (AvgIpc) is 3.46. The molecule has 0 spiro atoms. The summed E-state index contributed by atoms with van der Waals surface area (Å²) in [5.74, 6) is -0.976. The molecule has 1 aliphatic heterocycles. The van der Waals surface area contributed by atoms with Crippen molar-refractivity contribution in [2.45, 2.75) is 5.92 Å². The molecule has 1 N–H and O–H groups in total. The summed E-state index contributed by atoms with van der Waals surface area (Å²) in [6, 6.07) is 21.6. The summed E-state index contributed by atoms with van der Waals surface area (Å²) >= 11 is 0. The van der Waals surface area contributed by atoms with Gasteiger partial charge in [0.15, 0.2) is 5.58 Å². The molecule has 2 aliphatic rings. The molecule has 0 unspecified atom stereocenters. The van der Waals surface area contributed by atoms with E-state index in [0.717, 1.165) is 0 Å². The number of nitrogens with zero attached hydrogens (tertiary/aromatic N) is 3. The van der Waals surface area contributed by atoms with Gasteiger partial charge in [-0.15, -0.1) is 0 Å². The molecule has 1 aliphatic carbocycles. The number of hydrogen-bond donors (Lipinski definition) is 1. The van der Waals surface area contributed by atoms with Crippen molar-refractivity contribution in [3.05, 3.63) is 83.4 Å². The molecular weight excluding hydrogens is 446 g/mol. The Kier molecular flexibility index (Phi) is 5.13. The van der Waals surface area contributed by atoms with E-state index in [2.05, 4.69) is 29.2 Å². The van der Waals surface area contributed by atoms with Gasteiger partial charge in [0.25, 0.3) is 6.01 Å². The van der Waals surface area contributed by atoms with Gasteiger partial charge in [-0.05, 0) is 40.5 Å². The summed E-state index contributed by atoms with van der Waals surface area (Å²) in [6.45, 7) is 2.35. The molecule has 1 saturated heterocycles. The van der Waals surface area contributed by atoms with Gasteiger partial charge < -0.3 is 24.1 Å². The van der Waals surface area contributed by atoms with Gasteiger partial charge >= 0.3 is 12.1 Å². The van der Waals surface area contributed by atoms with Crippen molar-refractivity contribution in [1.82, 2.24) is 9.88 Å². The van der Waals surface area contributed by atoms with E-state index >= 15 is 0 Å². The maximum atomic E-state index is 12.9. The SMILES string of the molecule is O=C(O)c1ccc2oc(N3CCN(C(=O)OCC4c5ccccc5-c5ccccc54)CC3)nc2c1. The van der Waals surface area contributed by atoms with E-state index in [9.17, 15) is 14.7 Å². The zero-order chi connectivity index (χ0) is 23.9. The second kappa shape index (κ2) is 8.47. The molecular formula is C27H23N3O5. The first-order valence-corrected chi connectivity index (χ1v) is 11.6. The van der Waals surface area contributed by atoms with Crippen LogP contribution in [0.4, 0.5) is 10.8 Å². The Morgan fingerprint density at radius 3 is 2.26 bits per heavy atom. The van der Waals surface area contributed by atoms with Gasteiger partial charge in [0.2, 0.25) is 0 Å². The molecule has 176 valence electrons. The van der Waals surface area contributed by atoms with E-state index in [1.54, 1.807) is 11.0 Å². The summed E-state index contributed by atoms with van der Waals surface area (Å²) in [4.78, 5) is 32.1. The number of piperazine rings is 1. The molecule has 8 nitrogen and oxygen atoms in total. The fourth-order valence-electron chi connectivity index (χ4n) is 4.95. The number of oxazole rings is 1. The van der Waals surface area contributed by atoms with E-state index in [1.165, 1.54) is 34.4 Å². The number of fused-ring (bicyclic) bond motifs is 4. The van der Waals surface area contributed by atoms with Gasteiger partial charge in [-0.3, -0.25) is 0 Å². The Bertz CT molecular complexity index is 1390. The van der Waals surface area contributed by atoms with E-state index in [4.69, 9.17) is 9.15 Å². The molecule has 2 heterocycles. The zero-order valence-corrected chi connectivity index (χ0v) is 18.9. The van der Waals surface area contributed by atoms with Crippen LogP contribution in [-0.2, 0) is 4.74 Å². The number of carbonyl (C=O) groups is 2. The predicted molar refractivity (Wildman–Crippen MR) is 130 cm³/mol. The number of rotatable bonds is 4. The number of aromatic nitrogens is 1. The topological polar surface area (TPSA) is 96.1 Å². The second-order valence-electron chi connectivity index (χ2n) is 8.76. The maximum absolute atomic E-state index is 12.9. The van der Waals surface area contributed by atoms with E-state index in [0.29, 0.717) is 49.9 Å². The Morgan fingerprint density at radius 1 is 0.943 bits per heavy atom. The van der Waals surface area contributed by atoms with Crippen LogP contribution in [0.25, 0.3) is 22.2 Å². The lowest BCUT2D eigenvalue weighted by molar-refractivity contribution is 0.0696. The molecule has 35 heavy (non-hydrogen) atoms. The molecule has 0 bridgehead atoms. The van der Waals surface area contributed by atoms with Crippen LogP contribution in [0.5, 0.6) is 0 Å².